The number of ether oxygens (including phenoxy) is 2. The Morgan fingerprint density at radius 1 is 1.12 bits per heavy atom. The minimum atomic E-state index is -0.339. The molecular formula is C21H24N2O3. The first kappa shape index (κ1) is 18.0. The maximum atomic E-state index is 11.8. The van der Waals surface area contributed by atoms with Gasteiger partial charge >= 0.3 is 5.97 Å². The van der Waals surface area contributed by atoms with E-state index in [0.29, 0.717) is 18.9 Å². The van der Waals surface area contributed by atoms with Crippen LogP contribution in [-0.4, -0.2) is 42.7 Å². The van der Waals surface area contributed by atoms with Crippen LogP contribution in [0.5, 0.6) is 5.75 Å². The molecule has 0 spiro atoms. The van der Waals surface area contributed by atoms with E-state index in [9.17, 15) is 4.79 Å². The molecule has 0 aliphatic heterocycles. The molecule has 0 unspecified atom stereocenters. The van der Waals surface area contributed by atoms with Gasteiger partial charge in [-0.05, 0) is 43.8 Å². The summed E-state index contributed by atoms with van der Waals surface area (Å²) in [5, 5.41) is 0.934. The number of aromatic nitrogens is 1. The van der Waals surface area contributed by atoms with Crippen molar-refractivity contribution in [2.24, 2.45) is 0 Å². The Kier molecular flexibility index (Phi) is 5.92. The average Bonchev–Trinajstić information content (AvgIpc) is 3.06. The van der Waals surface area contributed by atoms with Gasteiger partial charge in [0, 0.05) is 24.0 Å². The van der Waals surface area contributed by atoms with Gasteiger partial charge in [-0.1, -0.05) is 30.3 Å². The number of fused-ring (bicyclic) bond motifs is 1. The average molecular weight is 352 g/mol. The first-order valence-corrected chi connectivity index (χ1v) is 8.81. The van der Waals surface area contributed by atoms with Gasteiger partial charge in [0.2, 0.25) is 0 Å². The summed E-state index contributed by atoms with van der Waals surface area (Å²) in [5.41, 5.74) is 2.64. The number of esters is 1. The minimum Gasteiger partial charge on any atom is -0.492 e. The number of hydrogen-bond donors (Lipinski definition) is 1. The molecule has 0 bridgehead atoms. The Labute approximate surface area is 153 Å². The van der Waals surface area contributed by atoms with Gasteiger partial charge in [0.25, 0.3) is 0 Å². The maximum absolute atomic E-state index is 11.8. The molecule has 0 amide bonds. The minimum absolute atomic E-state index is 0.339. The number of carbonyl (C=O) groups excluding carboxylic acids is 1. The number of rotatable bonds is 8. The molecular weight excluding hydrogens is 328 g/mol. The van der Waals surface area contributed by atoms with Gasteiger partial charge in [-0.3, -0.25) is 4.90 Å². The van der Waals surface area contributed by atoms with Crippen LogP contribution in [0, 0.1) is 0 Å². The summed E-state index contributed by atoms with van der Waals surface area (Å²) in [6.45, 7) is 4.47. The van der Waals surface area contributed by atoms with Crippen molar-refractivity contribution in [2.75, 3.05) is 26.8 Å². The Balaban J connectivity index is 1.54. The van der Waals surface area contributed by atoms with Crippen molar-refractivity contribution in [3.05, 3.63) is 65.9 Å². The van der Waals surface area contributed by atoms with E-state index in [2.05, 4.69) is 41.2 Å². The van der Waals surface area contributed by atoms with Crippen LogP contribution >= 0.6 is 0 Å². The first-order chi connectivity index (χ1) is 12.7. The Bertz CT molecular complexity index is 858. The fourth-order valence-electron chi connectivity index (χ4n) is 2.81. The summed E-state index contributed by atoms with van der Waals surface area (Å²) in [7, 11) is 2.08. The third-order valence-electron chi connectivity index (χ3n) is 4.12. The zero-order valence-corrected chi connectivity index (χ0v) is 15.2. The molecule has 0 radical (unpaired) electrons. The van der Waals surface area contributed by atoms with Crippen LogP contribution in [0.25, 0.3) is 10.9 Å². The highest BCUT2D eigenvalue weighted by Crippen LogP contribution is 2.22. The largest absolute Gasteiger partial charge is 0.492 e. The molecule has 0 aliphatic carbocycles. The predicted octanol–water partition coefficient (Wildman–Crippen LogP) is 3.86. The van der Waals surface area contributed by atoms with Crippen LogP contribution in [0.15, 0.2) is 54.6 Å². The summed E-state index contributed by atoms with van der Waals surface area (Å²) < 4.78 is 10.9. The highest BCUT2D eigenvalue weighted by atomic mass is 16.5. The fraction of sp³-hybridized carbons (Fsp3) is 0.286. The normalized spacial score (nSPS) is 11.0. The number of benzene rings is 2. The molecule has 0 saturated carbocycles. The van der Waals surface area contributed by atoms with Gasteiger partial charge in [0.1, 0.15) is 18.1 Å². The lowest BCUT2D eigenvalue weighted by Gasteiger charge is -2.17. The van der Waals surface area contributed by atoms with E-state index >= 15 is 0 Å². The third-order valence-corrected chi connectivity index (χ3v) is 4.12. The smallest absolute Gasteiger partial charge is 0.354 e. The van der Waals surface area contributed by atoms with Crippen molar-refractivity contribution in [3.8, 4) is 5.75 Å². The summed E-state index contributed by atoms with van der Waals surface area (Å²) in [6, 6.07) is 17.9. The molecule has 136 valence electrons. The maximum Gasteiger partial charge on any atom is 0.354 e. The van der Waals surface area contributed by atoms with Crippen LogP contribution < -0.4 is 4.74 Å². The first-order valence-electron chi connectivity index (χ1n) is 8.81. The summed E-state index contributed by atoms with van der Waals surface area (Å²) in [5.74, 6) is 0.453. The second-order valence-corrected chi connectivity index (χ2v) is 6.22. The van der Waals surface area contributed by atoms with Crippen molar-refractivity contribution in [2.45, 2.75) is 13.5 Å². The SMILES string of the molecule is CCOC(=O)c1cc2cc(OCCN(C)Cc3ccccc3)ccc2[nH]1. The quantitative estimate of drug-likeness (QED) is 0.626. The summed E-state index contributed by atoms with van der Waals surface area (Å²) >= 11 is 0. The van der Waals surface area contributed by atoms with E-state index < -0.39 is 0 Å². The van der Waals surface area contributed by atoms with Crippen LogP contribution in [0.1, 0.15) is 23.0 Å². The monoisotopic (exact) mass is 352 g/mol. The molecule has 2 aromatic carbocycles. The number of H-pyrrole nitrogens is 1. The summed E-state index contributed by atoms with van der Waals surface area (Å²) in [4.78, 5) is 17.1. The molecule has 1 N–H and O–H groups in total. The molecule has 26 heavy (non-hydrogen) atoms. The van der Waals surface area contributed by atoms with Crippen molar-refractivity contribution < 1.29 is 14.3 Å². The molecule has 3 aromatic rings. The van der Waals surface area contributed by atoms with Gasteiger partial charge < -0.3 is 14.5 Å². The van der Waals surface area contributed by atoms with Crippen molar-refractivity contribution >= 4 is 16.9 Å². The number of nitrogens with zero attached hydrogens (tertiary/aromatic N) is 1. The van der Waals surface area contributed by atoms with Crippen molar-refractivity contribution in [3.63, 3.8) is 0 Å². The van der Waals surface area contributed by atoms with E-state index in [0.717, 1.165) is 29.7 Å². The van der Waals surface area contributed by atoms with Crippen LogP contribution in [-0.2, 0) is 11.3 Å². The molecule has 5 nitrogen and oxygen atoms in total. The molecule has 0 saturated heterocycles. The van der Waals surface area contributed by atoms with Crippen LogP contribution in [0.3, 0.4) is 0 Å². The summed E-state index contributed by atoms with van der Waals surface area (Å²) in [6.07, 6.45) is 0. The van der Waals surface area contributed by atoms with Gasteiger partial charge in [-0.25, -0.2) is 4.79 Å². The topological polar surface area (TPSA) is 54.6 Å². The number of carbonyl (C=O) groups is 1. The Morgan fingerprint density at radius 2 is 1.92 bits per heavy atom. The van der Waals surface area contributed by atoms with E-state index in [4.69, 9.17) is 9.47 Å². The highest BCUT2D eigenvalue weighted by molar-refractivity contribution is 5.95. The number of nitrogens with one attached hydrogen (secondary N) is 1. The molecule has 3 rings (SSSR count). The van der Waals surface area contributed by atoms with Gasteiger partial charge in [-0.15, -0.1) is 0 Å². The molecule has 5 heteroatoms. The van der Waals surface area contributed by atoms with Crippen LogP contribution in [0.2, 0.25) is 0 Å². The molecule has 0 atom stereocenters. The molecule has 0 aliphatic rings. The van der Waals surface area contributed by atoms with Crippen molar-refractivity contribution in [1.29, 1.82) is 0 Å². The van der Waals surface area contributed by atoms with E-state index in [1.165, 1.54) is 5.56 Å². The van der Waals surface area contributed by atoms with Crippen molar-refractivity contribution in [1.82, 2.24) is 9.88 Å². The zero-order chi connectivity index (χ0) is 18.4. The number of likely N-dealkylation sites (N-methyl/N-ethyl adjacent to an activating group) is 1. The lowest BCUT2D eigenvalue weighted by Crippen LogP contribution is -2.23. The lowest BCUT2D eigenvalue weighted by atomic mass is 10.2. The predicted molar refractivity (Wildman–Crippen MR) is 103 cm³/mol. The van der Waals surface area contributed by atoms with E-state index in [1.807, 2.05) is 24.3 Å². The number of hydrogen-bond acceptors (Lipinski definition) is 4. The molecule has 1 aromatic heterocycles. The molecule has 0 fully saturated rings. The second-order valence-electron chi connectivity index (χ2n) is 6.22. The van der Waals surface area contributed by atoms with E-state index in [-0.39, 0.29) is 5.97 Å². The van der Waals surface area contributed by atoms with Gasteiger partial charge in [-0.2, -0.15) is 0 Å². The van der Waals surface area contributed by atoms with Gasteiger partial charge in [0.05, 0.1) is 6.61 Å². The Hall–Kier alpha value is -2.79. The van der Waals surface area contributed by atoms with Crippen LogP contribution in [0.4, 0.5) is 0 Å². The standard InChI is InChI=1S/C21H24N2O3/c1-3-25-21(24)20-14-17-13-18(9-10-19(17)22-20)26-12-11-23(2)15-16-7-5-4-6-8-16/h4-10,13-14,22H,3,11-12,15H2,1-2H3. The van der Waals surface area contributed by atoms with E-state index in [1.54, 1.807) is 13.0 Å². The number of aromatic amines is 1. The highest BCUT2D eigenvalue weighted by Gasteiger charge is 2.10. The fourth-order valence-corrected chi connectivity index (χ4v) is 2.81. The zero-order valence-electron chi connectivity index (χ0n) is 15.2. The Morgan fingerprint density at radius 3 is 2.69 bits per heavy atom. The molecule has 1 heterocycles. The second kappa shape index (κ2) is 8.54. The lowest BCUT2D eigenvalue weighted by molar-refractivity contribution is 0.0520. The third kappa shape index (κ3) is 4.64. The van der Waals surface area contributed by atoms with Gasteiger partial charge in [0.15, 0.2) is 0 Å².